The lowest BCUT2D eigenvalue weighted by Crippen LogP contribution is -2.42. The van der Waals surface area contributed by atoms with Crippen LogP contribution in [-0.4, -0.2) is 34.3 Å². The van der Waals surface area contributed by atoms with E-state index in [0.29, 0.717) is 16.1 Å². The van der Waals surface area contributed by atoms with Crippen molar-refractivity contribution < 1.29 is 32.6 Å². The molecule has 2 N–H and O–H groups in total. The maximum Gasteiger partial charge on any atom is 0.416 e. The SMILES string of the molecule is COc1cc(C2c3sc(=S)[nH]c3SC3C4CC(C5C(=O)N(c6cccc(C(F)(F)F)c6)C(=O)C45)C23)ccc1O. The maximum absolute atomic E-state index is 13.8. The number of nitrogens with zero attached hydrogens (tertiary/aromatic N) is 1. The number of aromatic hydroxyl groups is 1. The summed E-state index contributed by atoms with van der Waals surface area (Å²) in [4.78, 5) is 32.8. The number of hydrogen-bond donors (Lipinski definition) is 2. The van der Waals surface area contributed by atoms with Crippen molar-refractivity contribution in [1.82, 2.24) is 4.98 Å². The number of rotatable bonds is 3. The lowest BCUT2D eigenvalue weighted by molar-refractivity contribution is -0.137. The molecule has 0 spiro atoms. The molecule has 202 valence electrons. The molecule has 7 rings (SSSR count). The summed E-state index contributed by atoms with van der Waals surface area (Å²) in [6.45, 7) is 0. The van der Waals surface area contributed by atoms with Gasteiger partial charge in [-0.15, -0.1) is 23.1 Å². The van der Waals surface area contributed by atoms with Crippen LogP contribution in [0.4, 0.5) is 18.9 Å². The van der Waals surface area contributed by atoms with Crippen LogP contribution < -0.4 is 9.64 Å². The minimum absolute atomic E-state index is 0.00246. The Morgan fingerprint density at radius 1 is 1.10 bits per heavy atom. The molecule has 0 radical (unpaired) electrons. The first-order valence-electron chi connectivity index (χ1n) is 12.4. The number of fused-ring (bicyclic) bond motifs is 9. The largest absolute Gasteiger partial charge is 0.504 e. The Bertz CT molecular complexity index is 1600. The highest BCUT2D eigenvalue weighted by molar-refractivity contribution is 8.00. The number of hydrogen-bond acceptors (Lipinski definition) is 7. The van der Waals surface area contributed by atoms with Crippen LogP contribution >= 0.6 is 35.3 Å². The van der Waals surface area contributed by atoms with Crippen molar-refractivity contribution in [1.29, 1.82) is 0 Å². The van der Waals surface area contributed by atoms with Gasteiger partial charge < -0.3 is 14.8 Å². The van der Waals surface area contributed by atoms with Crippen molar-refractivity contribution in [2.24, 2.45) is 29.6 Å². The van der Waals surface area contributed by atoms with Gasteiger partial charge in [0.25, 0.3) is 0 Å². The van der Waals surface area contributed by atoms with Crippen LogP contribution in [-0.2, 0) is 15.8 Å². The molecule has 4 aliphatic rings. The molecular formula is C27H21F3N2O4S3. The van der Waals surface area contributed by atoms with E-state index in [1.54, 1.807) is 23.9 Å². The highest BCUT2D eigenvalue weighted by Crippen LogP contribution is 2.69. The average Bonchev–Trinajstić information content (AvgIpc) is 3.63. The minimum atomic E-state index is -4.59. The van der Waals surface area contributed by atoms with Gasteiger partial charge in [0, 0.05) is 16.0 Å². The topological polar surface area (TPSA) is 82.6 Å². The zero-order chi connectivity index (χ0) is 27.4. The Balaban J connectivity index is 1.31. The summed E-state index contributed by atoms with van der Waals surface area (Å²) in [5.74, 6) is -1.99. The van der Waals surface area contributed by atoms with Crippen LogP contribution in [0.5, 0.6) is 11.5 Å². The zero-order valence-corrected chi connectivity index (χ0v) is 22.7. The molecule has 6 nitrogen and oxygen atoms in total. The molecule has 7 unspecified atom stereocenters. The third kappa shape index (κ3) is 3.57. The standard InChI is InChI=1S/C27H21F3N2O4S3/c1-36-16-7-10(5-6-15(16)33)17-18-13-9-14(21(18)38-23-22(17)39-26(37)31-23)20-19(13)24(34)32(25(20)35)12-4-2-3-11(8-12)27(28,29)30/h2-8,13-14,17-21,33H,9H2,1H3,(H,31,37). The normalized spacial score (nSPS) is 30.9. The van der Waals surface area contributed by atoms with Crippen LogP contribution in [0, 0.1) is 33.5 Å². The van der Waals surface area contributed by atoms with Gasteiger partial charge in [0.1, 0.15) is 0 Å². The van der Waals surface area contributed by atoms with Gasteiger partial charge in [0.2, 0.25) is 11.8 Å². The van der Waals surface area contributed by atoms with Crippen molar-refractivity contribution in [2.45, 2.75) is 28.8 Å². The number of phenolic OH excluding ortho intramolecular Hbond substituents is 1. The quantitative estimate of drug-likeness (QED) is 0.279. The summed E-state index contributed by atoms with van der Waals surface area (Å²) < 4.78 is 46.2. The van der Waals surface area contributed by atoms with Crippen molar-refractivity contribution in [2.75, 3.05) is 12.0 Å². The fourth-order valence-corrected chi connectivity index (χ4v) is 10.7. The number of nitrogens with one attached hydrogen (secondary N) is 1. The van der Waals surface area contributed by atoms with E-state index in [9.17, 15) is 27.9 Å². The first-order valence-corrected chi connectivity index (χ1v) is 14.5. The maximum atomic E-state index is 13.8. The second-order valence-corrected chi connectivity index (χ2v) is 13.4. The fourth-order valence-electron chi connectivity index (χ4n) is 7.35. The summed E-state index contributed by atoms with van der Waals surface area (Å²) in [6, 6.07) is 9.67. The van der Waals surface area contributed by atoms with E-state index in [1.165, 1.54) is 30.6 Å². The number of anilines is 1. The van der Waals surface area contributed by atoms with Crippen LogP contribution in [0.25, 0.3) is 0 Å². The number of H-pyrrole nitrogens is 1. The molecular weight excluding hydrogens is 570 g/mol. The number of aromatic nitrogens is 1. The molecule has 12 heteroatoms. The minimum Gasteiger partial charge on any atom is -0.504 e. The highest BCUT2D eigenvalue weighted by Gasteiger charge is 2.69. The second kappa shape index (κ2) is 8.58. The first kappa shape index (κ1) is 25.2. The van der Waals surface area contributed by atoms with E-state index in [-0.39, 0.29) is 40.4 Å². The second-order valence-electron chi connectivity index (χ2n) is 10.5. The van der Waals surface area contributed by atoms with Gasteiger partial charge in [-0.2, -0.15) is 13.2 Å². The van der Waals surface area contributed by atoms with E-state index in [1.807, 2.05) is 6.07 Å². The smallest absolute Gasteiger partial charge is 0.416 e. The van der Waals surface area contributed by atoms with Crippen LogP contribution in [0.2, 0.25) is 0 Å². The molecule has 2 saturated carbocycles. The monoisotopic (exact) mass is 590 g/mol. The van der Waals surface area contributed by atoms with Crippen molar-refractivity contribution in [3.05, 3.63) is 62.4 Å². The molecule has 1 saturated heterocycles. The van der Waals surface area contributed by atoms with Gasteiger partial charge in [-0.25, -0.2) is 0 Å². The molecule has 3 heterocycles. The molecule has 39 heavy (non-hydrogen) atoms. The van der Waals surface area contributed by atoms with Crippen LogP contribution in [0.1, 0.15) is 28.3 Å². The number of thioether (sulfide) groups is 1. The number of amides is 2. The molecule has 7 atom stereocenters. The lowest BCUT2D eigenvalue weighted by Gasteiger charge is -2.43. The van der Waals surface area contributed by atoms with E-state index in [0.717, 1.165) is 32.5 Å². The number of aromatic amines is 1. The van der Waals surface area contributed by atoms with Gasteiger partial charge in [-0.1, -0.05) is 12.1 Å². The Hall–Kier alpha value is -2.83. The summed E-state index contributed by atoms with van der Waals surface area (Å²) >= 11 is 8.61. The number of alkyl halides is 3. The molecule has 2 amide bonds. The molecule has 3 fully saturated rings. The summed E-state index contributed by atoms with van der Waals surface area (Å²) in [5, 5.41) is 11.2. The van der Waals surface area contributed by atoms with Crippen LogP contribution in [0.15, 0.2) is 47.5 Å². The van der Waals surface area contributed by atoms with Crippen molar-refractivity contribution in [3.63, 3.8) is 0 Å². The van der Waals surface area contributed by atoms with Gasteiger partial charge in [-0.05, 0) is 72.3 Å². The first-order chi connectivity index (χ1) is 18.6. The molecule has 1 aromatic heterocycles. The summed E-state index contributed by atoms with van der Waals surface area (Å²) in [5.41, 5.74) is -0.0137. The number of benzene rings is 2. The number of carbonyl (C=O) groups is 2. The predicted octanol–water partition coefficient (Wildman–Crippen LogP) is 6.22. The Morgan fingerprint density at radius 2 is 1.85 bits per heavy atom. The Kier molecular flexibility index (Phi) is 5.54. The van der Waals surface area contributed by atoms with Gasteiger partial charge in [0.15, 0.2) is 15.5 Å². The van der Waals surface area contributed by atoms with Crippen LogP contribution in [0.3, 0.4) is 0 Å². The van der Waals surface area contributed by atoms with Crippen molar-refractivity contribution in [3.8, 4) is 11.5 Å². The Morgan fingerprint density at radius 3 is 2.56 bits per heavy atom. The van der Waals surface area contributed by atoms with E-state index < -0.39 is 35.4 Å². The predicted molar refractivity (Wildman–Crippen MR) is 142 cm³/mol. The molecule has 2 aliphatic heterocycles. The van der Waals surface area contributed by atoms with Gasteiger partial charge >= 0.3 is 6.18 Å². The molecule has 2 aromatic carbocycles. The molecule has 2 aliphatic carbocycles. The van der Waals surface area contributed by atoms with Crippen molar-refractivity contribution >= 4 is 52.8 Å². The highest BCUT2D eigenvalue weighted by atomic mass is 32.2. The number of thiazole rings is 1. The molecule has 3 aromatic rings. The zero-order valence-electron chi connectivity index (χ0n) is 20.3. The van der Waals surface area contributed by atoms with Gasteiger partial charge in [-0.3, -0.25) is 14.5 Å². The third-order valence-electron chi connectivity index (χ3n) is 8.72. The number of phenols is 1. The lowest BCUT2D eigenvalue weighted by atomic mass is 9.68. The molecule has 2 bridgehead atoms. The number of ether oxygens (including phenoxy) is 1. The average molecular weight is 591 g/mol. The number of methoxy groups -OCH3 is 1. The van der Waals surface area contributed by atoms with E-state index >= 15 is 0 Å². The fraction of sp³-hybridized carbons (Fsp3) is 0.370. The number of carbonyl (C=O) groups excluding carboxylic acids is 2. The van der Waals surface area contributed by atoms with Gasteiger partial charge in [0.05, 0.1) is 35.2 Å². The third-order valence-corrected chi connectivity index (χ3v) is 11.7. The number of imide groups is 1. The summed E-state index contributed by atoms with van der Waals surface area (Å²) in [7, 11) is 1.48. The van der Waals surface area contributed by atoms with E-state index in [2.05, 4.69) is 4.98 Å². The van der Waals surface area contributed by atoms with E-state index in [4.69, 9.17) is 17.0 Å². The Labute approximate surface area is 234 Å². The summed E-state index contributed by atoms with van der Waals surface area (Å²) in [6.07, 6.45) is -3.88. The number of halogens is 3.